The Labute approximate surface area is 68.3 Å². The van der Waals surface area contributed by atoms with Gasteiger partial charge in [-0.1, -0.05) is 26.3 Å². The Morgan fingerprint density at radius 3 is 2.82 bits per heavy atom. The predicted octanol–water partition coefficient (Wildman–Crippen LogP) is 1.27. The van der Waals surface area contributed by atoms with E-state index >= 15 is 0 Å². The normalized spacial score (nSPS) is 24.3. The van der Waals surface area contributed by atoms with E-state index in [1.165, 1.54) is 5.70 Å². The summed E-state index contributed by atoms with van der Waals surface area (Å²) < 4.78 is 0. The van der Waals surface area contributed by atoms with E-state index in [4.69, 9.17) is 0 Å². The van der Waals surface area contributed by atoms with Gasteiger partial charge < -0.3 is 10.4 Å². The van der Waals surface area contributed by atoms with Crippen LogP contribution < -0.4 is 5.32 Å². The molecule has 1 aliphatic rings. The highest BCUT2D eigenvalue weighted by atomic mass is 16.3. The van der Waals surface area contributed by atoms with Gasteiger partial charge in [-0.15, -0.1) is 0 Å². The van der Waals surface area contributed by atoms with Crippen LogP contribution in [0.2, 0.25) is 0 Å². The number of rotatable bonds is 5. The quantitative estimate of drug-likeness (QED) is 0.626. The van der Waals surface area contributed by atoms with Crippen molar-refractivity contribution in [2.45, 2.75) is 32.8 Å². The summed E-state index contributed by atoms with van der Waals surface area (Å²) in [5, 5.41) is 12.5. The molecule has 0 heterocycles. The zero-order chi connectivity index (χ0) is 8.27. The lowest BCUT2D eigenvalue weighted by atomic mass is 10.2. The molecule has 0 aliphatic heterocycles. The number of hydrogen-bond donors (Lipinski definition) is 2. The van der Waals surface area contributed by atoms with Gasteiger partial charge in [-0.05, 0) is 6.42 Å². The van der Waals surface area contributed by atoms with Crippen molar-refractivity contribution in [2.24, 2.45) is 5.92 Å². The molecule has 0 saturated carbocycles. The van der Waals surface area contributed by atoms with Crippen LogP contribution in [0.15, 0.2) is 11.8 Å². The van der Waals surface area contributed by atoms with Gasteiger partial charge in [0, 0.05) is 18.2 Å². The van der Waals surface area contributed by atoms with Crippen molar-refractivity contribution >= 4 is 0 Å². The van der Waals surface area contributed by atoms with Crippen molar-refractivity contribution in [2.75, 3.05) is 6.54 Å². The van der Waals surface area contributed by atoms with Crippen LogP contribution in [-0.2, 0) is 0 Å². The van der Waals surface area contributed by atoms with Gasteiger partial charge in [0.1, 0.15) is 0 Å². The maximum absolute atomic E-state index is 9.32. The third-order valence-electron chi connectivity index (χ3n) is 1.97. The fraction of sp³-hybridized carbons (Fsp3) is 0.778. The maximum Gasteiger partial charge on any atom is 0.0712 e. The minimum atomic E-state index is -0.173. The molecule has 11 heavy (non-hydrogen) atoms. The highest BCUT2D eigenvalue weighted by Crippen LogP contribution is 2.24. The first-order valence-electron chi connectivity index (χ1n) is 4.37. The SMILES string of the molecule is CCCC(O)CNC1=CC1C. The van der Waals surface area contributed by atoms with Gasteiger partial charge in [0.05, 0.1) is 6.10 Å². The highest BCUT2D eigenvalue weighted by molar-refractivity contribution is 5.25. The standard InChI is InChI=1S/C9H17NO/c1-3-4-8(11)6-10-9-5-7(9)2/h5,7-8,10-11H,3-4,6H2,1-2H3. The van der Waals surface area contributed by atoms with E-state index < -0.39 is 0 Å². The van der Waals surface area contributed by atoms with Crippen LogP contribution in [0.5, 0.6) is 0 Å². The van der Waals surface area contributed by atoms with Gasteiger partial charge in [-0.25, -0.2) is 0 Å². The maximum atomic E-state index is 9.32. The zero-order valence-electron chi connectivity index (χ0n) is 7.30. The van der Waals surface area contributed by atoms with E-state index in [0.29, 0.717) is 12.5 Å². The Morgan fingerprint density at radius 2 is 2.36 bits per heavy atom. The van der Waals surface area contributed by atoms with Crippen LogP contribution in [0.3, 0.4) is 0 Å². The number of nitrogens with one attached hydrogen (secondary N) is 1. The molecule has 2 heteroatoms. The van der Waals surface area contributed by atoms with Crippen molar-refractivity contribution in [1.82, 2.24) is 5.32 Å². The molecule has 0 aromatic rings. The largest absolute Gasteiger partial charge is 0.391 e. The topological polar surface area (TPSA) is 32.3 Å². The molecule has 0 radical (unpaired) electrons. The fourth-order valence-corrected chi connectivity index (χ4v) is 1.11. The smallest absolute Gasteiger partial charge is 0.0712 e. The van der Waals surface area contributed by atoms with Gasteiger partial charge in [0.2, 0.25) is 0 Å². The number of hydrogen-bond acceptors (Lipinski definition) is 2. The van der Waals surface area contributed by atoms with E-state index in [-0.39, 0.29) is 6.10 Å². The number of aliphatic hydroxyl groups is 1. The van der Waals surface area contributed by atoms with Crippen LogP contribution in [-0.4, -0.2) is 17.8 Å². The number of aliphatic hydroxyl groups excluding tert-OH is 1. The molecule has 2 nitrogen and oxygen atoms in total. The molecule has 1 rings (SSSR count). The Bertz CT molecular complexity index is 154. The molecule has 0 aromatic carbocycles. The average molecular weight is 155 g/mol. The molecule has 0 bridgehead atoms. The molecule has 0 fully saturated rings. The monoisotopic (exact) mass is 155 g/mol. The summed E-state index contributed by atoms with van der Waals surface area (Å²) in [6.07, 6.45) is 3.94. The minimum absolute atomic E-state index is 0.173. The Balaban J connectivity index is 1.98. The molecule has 64 valence electrons. The lowest BCUT2D eigenvalue weighted by molar-refractivity contribution is 0.164. The minimum Gasteiger partial charge on any atom is -0.391 e. The molecule has 0 saturated heterocycles. The van der Waals surface area contributed by atoms with E-state index in [1.807, 2.05) is 0 Å². The van der Waals surface area contributed by atoms with E-state index in [2.05, 4.69) is 25.2 Å². The first kappa shape index (κ1) is 8.60. The summed E-state index contributed by atoms with van der Waals surface area (Å²) >= 11 is 0. The summed E-state index contributed by atoms with van der Waals surface area (Å²) in [5.74, 6) is 0.629. The van der Waals surface area contributed by atoms with Gasteiger partial charge in [0.15, 0.2) is 0 Å². The van der Waals surface area contributed by atoms with Crippen molar-refractivity contribution in [3.63, 3.8) is 0 Å². The first-order chi connectivity index (χ1) is 5.24. The van der Waals surface area contributed by atoms with Crippen molar-refractivity contribution in [1.29, 1.82) is 0 Å². The van der Waals surface area contributed by atoms with Crippen molar-refractivity contribution in [3.8, 4) is 0 Å². The third kappa shape index (κ3) is 2.93. The lowest BCUT2D eigenvalue weighted by Gasteiger charge is -2.09. The molecule has 0 amide bonds. The summed E-state index contributed by atoms with van der Waals surface area (Å²) in [7, 11) is 0. The molecular formula is C9H17NO. The molecule has 0 aromatic heterocycles. The van der Waals surface area contributed by atoms with Gasteiger partial charge in [-0.3, -0.25) is 0 Å². The number of allylic oxidation sites excluding steroid dienone is 2. The average Bonchev–Trinajstić information content (AvgIpc) is 2.63. The predicted molar refractivity (Wildman–Crippen MR) is 46.2 cm³/mol. The molecule has 0 spiro atoms. The summed E-state index contributed by atoms with van der Waals surface area (Å²) in [4.78, 5) is 0. The van der Waals surface area contributed by atoms with Crippen molar-refractivity contribution < 1.29 is 5.11 Å². The van der Waals surface area contributed by atoms with Crippen LogP contribution in [0, 0.1) is 5.92 Å². The second-order valence-corrected chi connectivity index (χ2v) is 3.23. The second kappa shape index (κ2) is 3.77. The van der Waals surface area contributed by atoms with Crippen LogP contribution in [0.1, 0.15) is 26.7 Å². The van der Waals surface area contributed by atoms with E-state index in [9.17, 15) is 5.11 Å². The van der Waals surface area contributed by atoms with E-state index in [0.717, 1.165) is 12.8 Å². The highest BCUT2D eigenvalue weighted by Gasteiger charge is 2.18. The van der Waals surface area contributed by atoms with Gasteiger partial charge in [-0.2, -0.15) is 0 Å². The second-order valence-electron chi connectivity index (χ2n) is 3.23. The molecular weight excluding hydrogens is 138 g/mol. The molecule has 1 aliphatic carbocycles. The Morgan fingerprint density at radius 1 is 1.73 bits per heavy atom. The molecule has 2 N–H and O–H groups in total. The Hall–Kier alpha value is -0.500. The Kier molecular flexibility index (Phi) is 2.94. The van der Waals surface area contributed by atoms with E-state index in [1.54, 1.807) is 0 Å². The van der Waals surface area contributed by atoms with Crippen LogP contribution in [0.25, 0.3) is 0 Å². The fourth-order valence-electron chi connectivity index (χ4n) is 1.11. The zero-order valence-corrected chi connectivity index (χ0v) is 7.30. The van der Waals surface area contributed by atoms with Crippen LogP contribution >= 0.6 is 0 Å². The van der Waals surface area contributed by atoms with Gasteiger partial charge >= 0.3 is 0 Å². The lowest BCUT2D eigenvalue weighted by Crippen LogP contribution is -2.24. The van der Waals surface area contributed by atoms with Gasteiger partial charge in [0.25, 0.3) is 0 Å². The van der Waals surface area contributed by atoms with Crippen molar-refractivity contribution in [3.05, 3.63) is 11.8 Å². The summed E-state index contributed by atoms with van der Waals surface area (Å²) in [6.45, 7) is 4.95. The summed E-state index contributed by atoms with van der Waals surface area (Å²) in [6, 6.07) is 0. The molecule has 2 unspecified atom stereocenters. The van der Waals surface area contributed by atoms with Crippen LogP contribution in [0.4, 0.5) is 0 Å². The first-order valence-corrected chi connectivity index (χ1v) is 4.37. The molecule has 2 atom stereocenters. The summed E-state index contributed by atoms with van der Waals surface area (Å²) in [5.41, 5.74) is 1.29. The third-order valence-corrected chi connectivity index (χ3v) is 1.97.